The van der Waals surface area contributed by atoms with E-state index in [1.165, 1.54) is 6.92 Å². The molecule has 0 rings (SSSR count). The maximum atomic E-state index is 11.3. The van der Waals surface area contributed by atoms with Gasteiger partial charge in [-0.3, -0.25) is 4.79 Å². The average molecular weight is 234 g/mol. The summed E-state index contributed by atoms with van der Waals surface area (Å²) >= 11 is 0. The molecule has 0 aromatic rings. The molecule has 0 amide bonds. The highest BCUT2D eigenvalue weighted by Gasteiger charge is 2.47. The summed E-state index contributed by atoms with van der Waals surface area (Å²) in [6.07, 6.45) is -1.89. The van der Waals surface area contributed by atoms with Crippen molar-refractivity contribution in [2.24, 2.45) is 0 Å². The van der Waals surface area contributed by atoms with E-state index in [0.29, 0.717) is 0 Å². The minimum Gasteiger partial charge on any atom is -0.479 e. The Morgan fingerprint density at radius 1 is 1.38 bits per heavy atom. The Balaban J connectivity index is 5.00. The van der Waals surface area contributed by atoms with Gasteiger partial charge in [-0.2, -0.15) is 0 Å². The molecule has 2 N–H and O–H groups in total. The van der Waals surface area contributed by atoms with Crippen molar-refractivity contribution < 1.29 is 34.1 Å². The number of hydrogen-bond donors (Lipinski definition) is 2. The first-order valence-electron chi connectivity index (χ1n) is 4.53. The van der Waals surface area contributed by atoms with Crippen molar-refractivity contribution in [1.29, 1.82) is 0 Å². The molecule has 0 aromatic heterocycles. The molecule has 0 aromatic carbocycles. The van der Waals surface area contributed by atoms with Crippen molar-refractivity contribution in [1.82, 2.24) is 0 Å². The van der Waals surface area contributed by atoms with Crippen LogP contribution in [0.4, 0.5) is 0 Å². The highest BCUT2D eigenvalue weighted by Crippen LogP contribution is 2.16. The molecule has 7 nitrogen and oxygen atoms in total. The smallest absolute Gasteiger partial charge is 0.351 e. The van der Waals surface area contributed by atoms with Crippen molar-refractivity contribution in [3.05, 3.63) is 0 Å². The number of carboxylic acid groups (broad SMARTS) is 1. The number of carbonyl (C=O) groups is 3. The standard InChI is InChI=1S/C9H14O7/c1-4-15-7(11)6(16-5(2)10)9(3,14)8(12)13/h6,14H,4H2,1-3H3,(H,12,13)/t6-,9+/m0/s1. The van der Waals surface area contributed by atoms with E-state index in [2.05, 4.69) is 9.47 Å². The molecule has 0 saturated heterocycles. The van der Waals surface area contributed by atoms with Crippen LogP contribution in [0.25, 0.3) is 0 Å². The fourth-order valence-corrected chi connectivity index (χ4v) is 0.888. The molecule has 0 radical (unpaired) electrons. The fraction of sp³-hybridized carbons (Fsp3) is 0.667. The first-order chi connectivity index (χ1) is 7.23. The van der Waals surface area contributed by atoms with Crippen LogP contribution in [0.15, 0.2) is 0 Å². The van der Waals surface area contributed by atoms with Crippen LogP contribution in [-0.4, -0.2) is 46.4 Å². The van der Waals surface area contributed by atoms with Crippen molar-refractivity contribution in [3.63, 3.8) is 0 Å². The van der Waals surface area contributed by atoms with Gasteiger partial charge in [0.25, 0.3) is 0 Å². The molecular formula is C9H14O7. The Kier molecular flexibility index (Phi) is 4.90. The second-order valence-corrected chi connectivity index (χ2v) is 3.19. The average Bonchev–Trinajstić information content (AvgIpc) is 2.13. The molecule has 0 aliphatic heterocycles. The third-order valence-electron chi connectivity index (χ3n) is 1.73. The summed E-state index contributed by atoms with van der Waals surface area (Å²) < 4.78 is 8.95. The van der Waals surface area contributed by atoms with E-state index in [4.69, 9.17) is 5.11 Å². The lowest BCUT2D eigenvalue weighted by molar-refractivity contribution is -0.193. The van der Waals surface area contributed by atoms with Crippen molar-refractivity contribution in [2.45, 2.75) is 32.5 Å². The third-order valence-corrected chi connectivity index (χ3v) is 1.73. The topological polar surface area (TPSA) is 110 Å². The molecule has 92 valence electrons. The van der Waals surface area contributed by atoms with Gasteiger partial charge in [0.15, 0.2) is 0 Å². The monoisotopic (exact) mass is 234 g/mol. The Hall–Kier alpha value is -1.63. The van der Waals surface area contributed by atoms with Gasteiger partial charge in [-0.15, -0.1) is 0 Å². The lowest BCUT2D eigenvalue weighted by Crippen LogP contribution is -2.53. The van der Waals surface area contributed by atoms with E-state index >= 15 is 0 Å². The predicted octanol–water partition coefficient (Wildman–Crippen LogP) is -0.683. The Labute approximate surface area is 92.0 Å². The van der Waals surface area contributed by atoms with Gasteiger partial charge in [-0.1, -0.05) is 0 Å². The van der Waals surface area contributed by atoms with Gasteiger partial charge < -0.3 is 19.7 Å². The number of carbonyl (C=O) groups excluding carboxylic acids is 2. The first kappa shape index (κ1) is 14.4. The van der Waals surface area contributed by atoms with Gasteiger partial charge in [-0.25, -0.2) is 9.59 Å². The SMILES string of the molecule is CCOC(=O)[C@H](OC(C)=O)[C@@](C)(O)C(=O)O. The zero-order valence-corrected chi connectivity index (χ0v) is 9.22. The molecule has 0 saturated carbocycles. The van der Waals surface area contributed by atoms with E-state index in [-0.39, 0.29) is 6.61 Å². The van der Waals surface area contributed by atoms with Crippen LogP contribution in [0.1, 0.15) is 20.8 Å². The quantitative estimate of drug-likeness (QED) is 0.606. The second kappa shape index (κ2) is 5.45. The molecule has 0 unspecified atom stereocenters. The van der Waals surface area contributed by atoms with Crippen LogP contribution in [-0.2, 0) is 23.9 Å². The number of ether oxygens (including phenoxy) is 2. The Bertz CT molecular complexity index is 294. The third kappa shape index (κ3) is 3.50. The van der Waals surface area contributed by atoms with E-state index in [1.807, 2.05) is 0 Å². The molecule has 0 heterocycles. The summed E-state index contributed by atoms with van der Waals surface area (Å²) in [6, 6.07) is 0. The van der Waals surface area contributed by atoms with Gasteiger partial charge in [-0.05, 0) is 13.8 Å². The van der Waals surface area contributed by atoms with Crippen molar-refractivity contribution in [2.75, 3.05) is 6.61 Å². The summed E-state index contributed by atoms with van der Waals surface area (Å²) in [4.78, 5) is 32.7. The maximum absolute atomic E-state index is 11.3. The molecule has 0 bridgehead atoms. The van der Waals surface area contributed by atoms with Gasteiger partial charge >= 0.3 is 17.9 Å². The van der Waals surface area contributed by atoms with Crippen LogP contribution in [0.5, 0.6) is 0 Å². The van der Waals surface area contributed by atoms with E-state index in [1.54, 1.807) is 0 Å². The molecular weight excluding hydrogens is 220 g/mol. The molecule has 7 heteroatoms. The van der Waals surface area contributed by atoms with Gasteiger partial charge in [0.2, 0.25) is 11.7 Å². The summed E-state index contributed by atoms with van der Waals surface area (Å²) in [6.45, 7) is 3.31. The number of rotatable bonds is 5. The van der Waals surface area contributed by atoms with E-state index in [0.717, 1.165) is 13.8 Å². The highest BCUT2D eigenvalue weighted by atomic mass is 16.6. The van der Waals surface area contributed by atoms with E-state index in [9.17, 15) is 19.5 Å². The molecule has 0 aliphatic rings. The number of hydrogen-bond acceptors (Lipinski definition) is 6. The van der Waals surface area contributed by atoms with Gasteiger partial charge in [0.05, 0.1) is 6.61 Å². The molecule has 0 fully saturated rings. The number of aliphatic carboxylic acids is 1. The normalized spacial score (nSPS) is 15.8. The lowest BCUT2D eigenvalue weighted by atomic mass is 9.99. The minimum atomic E-state index is -2.53. The summed E-state index contributed by atoms with van der Waals surface area (Å²) in [5.41, 5.74) is -2.53. The fourth-order valence-electron chi connectivity index (χ4n) is 0.888. The van der Waals surface area contributed by atoms with Crippen LogP contribution in [0, 0.1) is 0 Å². The molecule has 0 aliphatic carbocycles. The zero-order chi connectivity index (χ0) is 12.9. The summed E-state index contributed by atoms with van der Waals surface area (Å²) in [5, 5.41) is 18.2. The zero-order valence-electron chi connectivity index (χ0n) is 9.22. The number of carboxylic acids is 1. The number of esters is 2. The summed E-state index contributed by atoms with van der Waals surface area (Å²) in [7, 11) is 0. The molecule has 2 atom stereocenters. The van der Waals surface area contributed by atoms with Crippen LogP contribution >= 0.6 is 0 Å². The van der Waals surface area contributed by atoms with Gasteiger partial charge in [0.1, 0.15) is 0 Å². The van der Waals surface area contributed by atoms with Crippen LogP contribution < -0.4 is 0 Å². The van der Waals surface area contributed by atoms with Crippen molar-refractivity contribution >= 4 is 17.9 Å². The first-order valence-corrected chi connectivity index (χ1v) is 4.53. The summed E-state index contributed by atoms with van der Waals surface area (Å²) in [5.74, 6) is -3.68. The maximum Gasteiger partial charge on any atom is 0.351 e. The minimum absolute atomic E-state index is 0.0215. The van der Waals surface area contributed by atoms with E-state index < -0.39 is 29.6 Å². The van der Waals surface area contributed by atoms with Crippen molar-refractivity contribution in [3.8, 4) is 0 Å². The second-order valence-electron chi connectivity index (χ2n) is 3.19. The Morgan fingerprint density at radius 2 is 1.88 bits per heavy atom. The predicted molar refractivity (Wildman–Crippen MR) is 50.4 cm³/mol. The highest BCUT2D eigenvalue weighted by molar-refractivity contribution is 5.89. The molecule has 0 spiro atoms. The largest absolute Gasteiger partial charge is 0.479 e. The Morgan fingerprint density at radius 3 is 2.19 bits per heavy atom. The molecule has 16 heavy (non-hydrogen) atoms. The van der Waals surface area contributed by atoms with Crippen LogP contribution in [0.2, 0.25) is 0 Å². The van der Waals surface area contributed by atoms with Gasteiger partial charge in [0, 0.05) is 6.92 Å². The van der Waals surface area contributed by atoms with Crippen LogP contribution in [0.3, 0.4) is 0 Å². The lowest BCUT2D eigenvalue weighted by Gasteiger charge is -2.26. The number of aliphatic hydroxyl groups is 1.